The summed E-state index contributed by atoms with van der Waals surface area (Å²) in [6.07, 6.45) is 3.06. The van der Waals surface area contributed by atoms with Crippen molar-refractivity contribution in [3.63, 3.8) is 0 Å². The number of carbonyl (C=O) groups excluding carboxylic acids is 1. The molecule has 3 rings (SSSR count). The third-order valence-corrected chi connectivity index (χ3v) is 3.79. The van der Waals surface area contributed by atoms with E-state index in [4.69, 9.17) is 9.15 Å². The molecular formula is C17H20N4O4. The Labute approximate surface area is 144 Å². The molecule has 0 aliphatic rings. The standard InChI is InChI=1S/C17H20N4O4/c1-3-24-17(23)13-10-19-16-15(20-11(2)21(16)6-7-22)14(13)18-9-12-5-4-8-25-12/h4-5,8,10,22H,3,6-7,9H2,1-2H3,(H,18,19). The molecule has 0 saturated heterocycles. The summed E-state index contributed by atoms with van der Waals surface area (Å²) in [4.78, 5) is 21.2. The number of ether oxygens (including phenoxy) is 1. The first-order valence-corrected chi connectivity index (χ1v) is 8.05. The Kier molecular flexibility index (Phi) is 4.99. The van der Waals surface area contributed by atoms with Crippen LogP contribution in [-0.2, 0) is 17.8 Å². The van der Waals surface area contributed by atoms with Gasteiger partial charge in [0, 0.05) is 12.7 Å². The fourth-order valence-electron chi connectivity index (χ4n) is 2.67. The van der Waals surface area contributed by atoms with E-state index < -0.39 is 5.97 Å². The van der Waals surface area contributed by atoms with E-state index in [0.717, 1.165) is 5.76 Å². The zero-order valence-corrected chi connectivity index (χ0v) is 14.2. The number of aromatic nitrogens is 3. The van der Waals surface area contributed by atoms with Crippen LogP contribution in [0.15, 0.2) is 29.0 Å². The molecule has 25 heavy (non-hydrogen) atoms. The van der Waals surface area contributed by atoms with Crippen LogP contribution in [0.1, 0.15) is 28.9 Å². The second-order valence-corrected chi connectivity index (χ2v) is 5.41. The molecule has 0 aliphatic heterocycles. The van der Waals surface area contributed by atoms with E-state index in [0.29, 0.717) is 41.3 Å². The van der Waals surface area contributed by atoms with Crippen molar-refractivity contribution in [1.29, 1.82) is 0 Å². The fourth-order valence-corrected chi connectivity index (χ4v) is 2.67. The molecule has 0 amide bonds. The Morgan fingerprint density at radius 3 is 3.00 bits per heavy atom. The molecule has 0 atom stereocenters. The normalized spacial score (nSPS) is 11.0. The highest BCUT2D eigenvalue weighted by Crippen LogP contribution is 2.27. The van der Waals surface area contributed by atoms with Gasteiger partial charge < -0.3 is 24.1 Å². The van der Waals surface area contributed by atoms with Gasteiger partial charge in [0.1, 0.15) is 22.7 Å². The SMILES string of the molecule is CCOC(=O)c1cnc2c(nc(C)n2CCO)c1NCc1ccco1. The summed E-state index contributed by atoms with van der Waals surface area (Å²) in [6, 6.07) is 3.64. The molecule has 0 radical (unpaired) electrons. The summed E-state index contributed by atoms with van der Waals surface area (Å²) < 4.78 is 12.3. The van der Waals surface area contributed by atoms with Crippen molar-refractivity contribution < 1.29 is 19.1 Å². The monoisotopic (exact) mass is 344 g/mol. The maximum atomic E-state index is 12.3. The van der Waals surface area contributed by atoms with Crippen molar-refractivity contribution in [2.75, 3.05) is 18.5 Å². The first kappa shape index (κ1) is 17.0. The molecule has 0 aromatic carbocycles. The molecule has 3 aromatic rings. The van der Waals surface area contributed by atoms with E-state index in [1.54, 1.807) is 19.3 Å². The van der Waals surface area contributed by atoms with Crippen molar-refractivity contribution in [3.8, 4) is 0 Å². The van der Waals surface area contributed by atoms with E-state index in [1.807, 2.05) is 17.6 Å². The number of rotatable bonds is 7. The van der Waals surface area contributed by atoms with Crippen molar-refractivity contribution in [1.82, 2.24) is 14.5 Å². The summed E-state index contributed by atoms with van der Waals surface area (Å²) >= 11 is 0. The molecule has 0 aliphatic carbocycles. The number of hydrogen-bond acceptors (Lipinski definition) is 7. The van der Waals surface area contributed by atoms with Crippen LogP contribution in [0.25, 0.3) is 11.2 Å². The average molecular weight is 344 g/mol. The van der Waals surface area contributed by atoms with Gasteiger partial charge in [0.15, 0.2) is 5.65 Å². The summed E-state index contributed by atoms with van der Waals surface area (Å²) in [7, 11) is 0. The maximum absolute atomic E-state index is 12.3. The molecule has 0 spiro atoms. The Hall–Kier alpha value is -2.87. The fraction of sp³-hybridized carbons (Fsp3) is 0.353. The third kappa shape index (κ3) is 3.34. The minimum atomic E-state index is -0.465. The largest absolute Gasteiger partial charge is 0.467 e. The highest BCUT2D eigenvalue weighted by atomic mass is 16.5. The van der Waals surface area contributed by atoms with Gasteiger partial charge >= 0.3 is 5.97 Å². The van der Waals surface area contributed by atoms with Gasteiger partial charge in [0.05, 0.1) is 31.7 Å². The van der Waals surface area contributed by atoms with Gasteiger partial charge in [-0.25, -0.2) is 14.8 Å². The quantitative estimate of drug-likeness (QED) is 0.633. The Morgan fingerprint density at radius 2 is 2.32 bits per heavy atom. The second kappa shape index (κ2) is 7.35. The zero-order chi connectivity index (χ0) is 17.8. The van der Waals surface area contributed by atoms with Crippen LogP contribution in [0.4, 0.5) is 5.69 Å². The topological polar surface area (TPSA) is 102 Å². The molecule has 3 heterocycles. The predicted molar refractivity (Wildman–Crippen MR) is 91.3 cm³/mol. The van der Waals surface area contributed by atoms with E-state index in [1.165, 1.54) is 6.20 Å². The Morgan fingerprint density at radius 1 is 1.48 bits per heavy atom. The van der Waals surface area contributed by atoms with Gasteiger partial charge in [-0.1, -0.05) is 0 Å². The lowest BCUT2D eigenvalue weighted by Gasteiger charge is -2.11. The third-order valence-electron chi connectivity index (χ3n) is 3.79. The molecule has 0 bridgehead atoms. The summed E-state index contributed by atoms with van der Waals surface area (Å²) in [6.45, 7) is 4.60. The van der Waals surface area contributed by atoms with Gasteiger partial charge in [0.2, 0.25) is 0 Å². The van der Waals surface area contributed by atoms with Crippen LogP contribution in [-0.4, -0.2) is 38.8 Å². The van der Waals surface area contributed by atoms with Crippen molar-refractivity contribution >= 4 is 22.8 Å². The first-order valence-electron chi connectivity index (χ1n) is 8.05. The number of nitrogens with zero attached hydrogens (tertiary/aromatic N) is 3. The van der Waals surface area contributed by atoms with Crippen molar-refractivity contribution in [3.05, 3.63) is 41.7 Å². The summed E-state index contributed by atoms with van der Waals surface area (Å²) in [5.74, 6) is 0.970. The predicted octanol–water partition coefficient (Wildman–Crippen LogP) is 2.11. The number of nitrogens with one attached hydrogen (secondary N) is 1. The van der Waals surface area contributed by atoms with Gasteiger partial charge in [-0.2, -0.15) is 0 Å². The van der Waals surface area contributed by atoms with E-state index in [-0.39, 0.29) is 13.2 Å². The summed E-state index contributed by atoms with van der Waals surface area (Å²) in [5, 5.41) is 12.5. The molecule has 2 N–H and O–H groups in total. The molecule has 0 fully saturated rings. The van der Waals surface area contributed by atoms with Gasteiger partial charge in [-0.15, -0.1) is 0 Å². The lowest BCUT2D eigenvalue weighted by Crippen LogP contribution is -2.12. The lowest BCUT2D eigenvalue weighted by atomic mass is 10.2. The van der Waals surface area contributed by atoms with Crippen LogP contribution in [0, 0.1) is 6.92 Å². The molecule has 8 heteroatoms. The van der Waals surface area contributed by atoms with Gasteiger partial charge in [-0.05, 0) is 26.0 Å². The Balaban J connectivity index is 2.07. The molecule has 0 unspecified atom stereocenters. The highest BCUT2D eigenvalue weighted by Gasteiger charge is 2.21. The van der Waals surface area contributed by atoms with Crippen LogP contribution in [0.5, 0.6) is 0 Å². The number of furan rings is 1. The minimum Gasteiger partial charge on any atom is -0.467 e. The number of pyridine rings is 1. The lowest BCUT2D eigenvalue weighted by molar-refractivity contribution is 0.0527. The molecule has 132 valence electrons. The smallest absolute Gasteiger partial charge is 0.341 e. The zero-order valence-electron chi connectivity index (χ0n) is 14.2. The van der Waals surface area contributed by atoms with Gasteiger partial charge in [-0.3, -0.25) is 0 Å². The molecular weight excluding hydrogens is 324 g/mol. The van der Waals surface area contributed by atoms with Crippen molar-refractivity contribution in [2.24, 2.45) is 0 Å². The van der Waals surface area contributed by atoms with E-state index in [2.05, 4.69) is 15.3 Å². The molecule has 3 aromatic heterocycles. The number of aryl methyl sites for hydroxylation is 1. The number of hydrogen-bond donors (Lipinski definition) is 2. The number of anilines is 1. The number of aliphatic hydroxyl groups is 1. The molecule has 8 nitrogen and oxygen atoms in total. The first-order chi connectivity index (χ1) is 12.2. The van der Waals surface area contributed by atoms with Crippen LogP contribution >= 0.6 is 0 Å². The van der Waals surface area contributed by atoms with E-state index in [9.17, 15) is 9.90 Å². The average Bonchev–Trinajstić information content (AvgIpc) is 3.22. The van der Waals surface area contributed by atoms with Gasteiger partial charge in [0.25, 0.3) is 0 Å². The summed E-state index contributed by atoms with van der Waals surface area (Å²) in [5.41, 5.74) is 2.01. The van der Waals surface area contributed by atoms with Crippen LogP contribution in [0.2, 0.25) is 0 Å². The highest BCUT2D eigenvalue weighted by molar-refractivity contribution is 6.03. The number of carbonyl (C=O) groups is 1. The second-order valence-electron chi connectivity index (χ2n) is 5.41. The number of aliphatic hydroxyl groups excluding tert-OH is 1. The van der Waals surface area contributed by atoms with E-state index >= 15 is 0 Å². The number of imidazole rings is 1. The van der Waals surface area contributed by atoms with Crippen LogP contribution in [0.3, 0.4) is 0 Å². The maximum Gasteiger partial charge on any atom is 0.341 e. The number of esters is 1. The van der Waals surface area contributed by atoms with Crippen LogP contribution < -0.4 is 5.32 Å². The Bertz CT molecular complexity index is 871. The molecule has 0 saturated carbocycles. The number of fused-ring (bicyclic) bond motifs is 1. The minimum absolute atomic E-state index is 0.0250. The van der Waals surface area contributed by atoms with Crippen molar-refractivity contribution in [2.45, 2.75) is 26.9 Å².